The molecule has 60 heavy (non-hydrogen) atoms. The Bertz CT molecular complexity index is 1250. The largest absolute Gasteiger partial charge is 0.544 e. The van der Waals surface area contributed by atoms with Crippen LogP contribution in [0.2, 0.25) is 0 Å². The average Bonchev–Trinajstić information content (AvgIpc) is 3.21. The Morgan fingerprint density at radius 3 is 1.32 bits per heavy atom. The Balaban J connectivity index is 4.30. The van der Waals surface area contributed by atoms with E-state index < -0.39 is 18.1 Å². The number of quaternary nitrogens is 1. The fourth-order valence-electron chi connectivity index (χ4n) is 6.43. The van der Waals surface area contributed by atoms with Gasteiger partial charge in [0, 0.05) is 19.3 Å². The number of carbonyl (C=O) groups excluding carboxylic acids is 3. The predicted molar refractivity (Wildman–Crippen MR) is 249 cm³/mol. The van der Waals surface area contributed by atoms with Gasteiger partial charge in [0.15, 0.2) is 6.10 Å². The second kappa shape index (κ2) is 42.2. The summed E-state index contributed by atoms with van der Waals surface area (Å²) in [6.45, 7) is 4.39. The van der Waals surface area contributed by atoms with E-state index in [9.17, 15) is 19.5 Å². The number of ether oxygens (including phenoxy) is 3. The van der Waals surface area contributed by atoms with Gasteiger partial charge in [-0.25, -0.2) is 0 Å². The summed E-state index contributed by atoms with van der Waals surface area (Å²) < 4.78 is 17.2. The topological polar surface area (TPSA) is 102 Å². The highest BCUT2D eigenvalue weighted by Crippen LogP contribution is 2.14. The number of carboxylic acids is 1. The normalized spacial score (nSPS) is 13.7. The Kier molecular flexibility index (Phi) is 39.8. The van der Waals surface area contributed by atoms with Crippen LogP contribution in [0.15, 0.2) is 85.1 Å². The standard InChI is InChI=1S/C52H87NO7/c1-6-8-10-12-14-16-18-20-21-22-23-24-25-26-27-28-29-31-33-35-37-39-41-43-51(55)60-48(46-58-45-44-49(52(56)57)53(3,4)5)47-59-50(54)42-40-38-36-34-32-30-19-17-15-13-11-9-7-2/h8-11,14-17,20-21,23-24,30,32,48-49H,6-7,12-13,18-19,22,25-29,31,33-47H2,1-5H3/b10-8-,11-9-,16-14-,17-15-,21-20-,24-23-,32-30-. The Morgan fingerprint density at radius 2 is 0.883 bits per heavy atom. The number of likely N-dealkylation sites (N-methyl/N-ethyl adjacent to an activating group) is 1. The molecule has 0 saturated carbocycles. The monoisotopic (exact) mass is 838 g/mol. The van der Waals surface area contributed by atoms with Crippen LogP contribution in [0, 0.1) is 0 Å². The van der Waals surface area contributed by atoms with Crippen molar-refractivity contribution in [3.63, 3.8) is 0 Å². The van der Waals surface area contributed by atoms with Crippen molar-refractivity contribution in [2.45, 2.75) is 187 Å². The lowest BCUT2D eigenvalue weighted by atomic mass is 10.0. The van der Waals surface area contributed by atoms with Crippen molar-refractivity contribution in [3.05, 3.63) is 85.1 Å². The summed E-state index contributed by atoms with van der Waals surface area (Å²) in [6.07, 6.45) is 54.7. The van der Waals surface area contributed by atoms with E-state index in [-0.39, 0.29) is 42.7 Å². The van der Waals surface area contributed by atoms with Crippen molar-refractivity contribution in [1.29, 1.82) is 0 Å². The molecule has 8 heteroatoms. The number of allylic oxidation sites excluding steroid dienone is 14. The first-order chi connectivity index (χ1) is 29.1. The van der Waals surface area contributed by atoms with Crippen LogP contribution in [0.5, 0.6) is 0 Å². The van der Waals surface area contributed by atoms with Gasteiger partial charge in [-0.2, -0.15) is 0 Å². The molecular weight excluding hydrogens is 751 g/mol. The van der Waals surface area contributed by atoms with Crippen molar-refractivity contribution in [2.24, 2.45) is 0 Å². The Morgan fingerprint density at radius 1 is 0.500 bits per heavy atom. The van der Waals surface area contributed by atoms with Gasteiger partial charge in [0.2, 0.25) is 0 Å². The van der Waals surface area contributed by atoms with Crippen molar-refractivity contribution in [2.75, 3.05) is 41.0 Å². The molecule has 0 spiro atoms. The minimum absolute atomic E-state index is 0.0251. The molecule has 0 saturated heterocycles. The summed E-state index contributed by atoms with van der Waals surface area (Å²) in [6, 6.07) is -0.735. The quantitative estimate of drug-likeness (QED) is 0.0261. The van der Waals surface area contributed by atoms with Crippen LogP contribution in [0.3, 0.4) is 0 Å². The van der Waals surface area contributed by atoms with Gasteiger partial charge in [0.1, 0.15) is 12.6 Å². The molecular formula is C52H87NO7. The molecule has 0 aromatic rings. The molecule has 2 atom stereocenters. The third-order valence-electron chi connectivity index (χ3n) is 10.0. The van der Waals surface area contributed by atoms with Crippen molar-refractivity contribution >= 4 is 17.9 Å². The minimum Gasteiger partial charge on any atom is -0.544 e. The van der Waals surface area contributed by atoms with Gasteiger partial charge < -0.3 is 28.6 Å². The first-order valence-corrected chi connectivity index (χ1v) is 23.6. The molecule has 342 valence electrons. The van der Waals surface area contributed by atoms with Gasteiger partial charge in [0.25, 0.3) is 0 Å². The zero-order chi connectivity index (χ0) is 44.2. The molecule has 0 aromatic carbocycles. The van der Waals surface area contributed by atoms with Gasteiger partial charge in [-0.3, -0.25) is 9.59 Å². The molecule has 0 amide bonds. The van der Waals surface area contributed by atoms with Crippen LogP contribution in [-0.4, -0.2) is 75.5 Å². The van der Waals surface area contributed by atoms with E-state index in [1.165, 1.54) is 44.9 Å². The number of rotatable bonds is 41. The molecule has 0 N–H and O–H groups in total. The van der Waals surface area contributed by atoms with Gasteiger partial charge in [0.05, 0.1) is 40.3 Å². The molecule has 0 aliphatic heterocycles. The van der Waals surface area contributed by atoms with Crippen LogP contribution in [0.4, 0.5) is 0 Å². The van der Waals surface area contributed by atoms with E-state index in [0.29, 0.717) is 12.8 Å². The third-order valence-corrected chi connectivity index (χ3v) is 10.0. The maximum Gasteiger partial charge on any atom is 0.306 e. The zero-order valence-corrected chi connectivity index (χ0v) is 38.8. The lowest BCUT2D eigenvalue weighted by Crippen LogP contribution is -2.55. The summed E-state index contributed by atoms with van der Waals surface area (Å²) in [5, 5.41) is 11.6. The van der Waals surface area contributed by atoms with E-state index in [0.717, 1.165) is 96.3 Å². The summed E-state index contributed by atoms with van der Waals surface area (Å²) in [4.78, 5) is 36.9. The van der Waals surface area contributed by atoms with Crippen LogP contribution in [-0.2, 0) is 28.6 Å². The zero-order valence-electron chi connectivity index (χ0n) is 38.8. The number of hydrogen-bond donors (Lipinski definition) is 0. The van der Waals surface area contributed by atoms with Crippen LogP contribution >= 0.6 is 0 Å². The van der Waals surface area contributed by atoms with E-state index >= 15 is 0 Å². The molecule has 8 nitrogen and oxygen atoms in total. The molecule has 0 radical (unpaired) electrons. The number of unbranched alkanes of at least 4 members (excludes halogenated alkanes) is 13. The molecule has 0 rings (SSSR count). The second-order valence-electron chi connectivity index (χ2n) is 16.6. The number of carboxylic acid groups (broad SMARTS) is 1. The highest BCUT2D eigenvalue weighted by atomic mass is 16.6. The van der Waals surface area contributed by atoms with Gasteiger partial charge in [-0.05, 0) is 83.5 Å². The molecule has 0 aliphatic rings. The van der Waals surface area contributed by atoms with Crippen molar-refractivity contribution in [3.8, 4) is 0 Å². The van der Waals surface area contributed by atoms with Gasteiger partial charge in [-0.1, -0.05) is 157 Å². The minimum atomic E-state index is -1.13. The Hall–Kier alpha value is -3.49. The van der Waals surface area contributed by atoms with Crippen LogP contribution < -0.4 is 5.11 Å². The number of nitrogens with zero attached hydrogens (tertiary/aromatic N) is 1. The summed E-state index contributed by atoms with van der Waals surface area (Å²) in [7, 11) is 5.39. The number of carbonyl (C=O) groups is 3. The highest BCUT2D eigenvalue weighted by molar-refractivity contribution is 5.70. The number of esters is 2. The lowest BCUT2D eigenvalue weighted by Gasteiger charge is -2.34. The second-order valence-corrected chi connectivity index (χ2v) is 16.6. The van der Waals surface area contributed by atoms with Gasteiger partial charge in [-0.15, -0.1) is 0 Å². The highest BCUT2D eigenvalue weighted by Gasteiger charge is 2.25. The van der Waals surface area contributed by atoms with E-state index in [1.807, 2.05) is 0 Å². The molecule has 0 bridgehead atoms. The molecule has 2 unspecified atom stereocenters. The van der Waals surface area contributed by atoms with E-state index in [1.54, 1.807) is 21.1 Å². The van der Waals surface area contributed by atoms with Gasteiger partial charge >= 0.3 is 11.9 Å². The summed E-state index contributed by atoms with van der Waals surface area (Å²) in [5.74, 6) is -1.79. The molecule has 0 fully saturated rings. The average molecular weight is 838 g/mol. The molecule has 0 aromatic heterocycles. The fourth-order valence-corrected chi connectivity index (χ4v) is 6.43. The molecule has 0 heterocycles. The fraction of sp³-hybridized carbons (Fsp3) is 0.673. The van der Waals surface area contributed by atoms with Crippen LogP contribution in [0.25, 0.3) is 0 Å². The van der Waals surface area contributed by atoms with Crippen LogP contribution in [0.1, 0.15) is 174 Å². The predicted octanol–water partition coefficient (Wildman–Crippen LogP) is 12.0. The summed E-state index contributed by atoms with van der Waals surface area (Å²) in [5.41, 5.74) is 0. The molecule has 0 aliphatic carbocycles. The first kappa shape index (κ1) is 56.5. The number of aliphatic carboxylic acids is 1. The maximum absolute atomic E-state index is 12.8. The van der Waals surface area contributed by atoms with Crippen molar-refractivity contribution in [1.82, 2.24) is 0 Å². The number of hydrogen-bond acceptors (Lipinski definition) is 7. The van der Waals surface area contributed by atoms with Crippen molar-refractivity contribution < 1.29 is 38.2 Å². The SMILES string of the molecule is CC/C=C\C/C=C\C/C=C\C/C=C\CCCCCCCCCCCCC(=O)OC(COCCC(C(=O)[O-])[N+](C)(C)C)COC(=O)CCCCC/C=C\C/C=C\C/C=C\CC. The Labute approximate surface area is 367 Å². The maximum atomic E-state index is 12.8. The first-order valence-electron chi connectivity index (χ1n) is 23.6. The lowest BCUT2D eigenvalue weighted by molar-refractivity contribution is -0.889. The van der Waals surface area contributed by atoms with E-state index in [4.69, 9.17) is 14.2 Å². The van der Waals surface area contributed by atoms with E-state index in [2.05, 4.69) is 98.9 Å². The smallest absolute Gasteiger partial charge is 0.306 e. The third kappa shape index (κ3) is 39.9. The summed E-state index contributed by atoms with van der Waals surface area (Å²) >= 11 is 0.